The van der Waals surface area contributed by atoms with E-state index in [2.05, 4.69) is 4.98 Å². The van der Waals surface area contributed by atoms with E-state index < -0.39 is 0 Å². The fourth-order valence-electron chi connectivity index (χ4n) is 2.61. The second-order valence-electron chi connectivity index (χ2n) is 5.41. The molecule has 1 amide bonds. The Morgan fingerprint density at radius 2 is 2.23 bits per heavy atom. The summed E-state index contributed by atoms with van der Waals surface area (Å²) in [7, 11) is 1.64. The van der Waals surface area contributed by atoms with Gasteiger partial charge in [-0.15, -0.1) is 11.3 Å². The summed E-state index contributed by atoms with van der Waals surface area (Å²) >= 11 is 1.49. The predicted molar refractivity (Wildman–Crippen MR) is 87.2 cm³/mol. The van der Waals surface area contributed by atoms with E-state index in [0.29, 0.717) is 18.2 Å². The van der Waals surface area contributed by atoms with Crippen molar-refractivity contribution in [1.82, 2.24) is 9.88 Å². The van der Waals surface area contributed by atoms with Gasteiger partial charge >= 0.3 is 0 Å². The van der Waals surface area contributed by atoms with Gasteiger partial charge in [-0.25, -0.2) is 4.98 Å². The van der Waals surface area contributed by atoms with Crippen LogP contribution in [-0.2, 0) is 0 Å². The molecule has 0 radical (unpaired) electrons. The Balaban J connectivity index is 1.74. The minimum atomic E-state index is 0.00645. The minimum absolute atomic E-state index is 0.00645. The van der Waals surface area contributed by atoms with Gasteiger partial charge in [0.05, 0.1) is 7.11 Å². The SMILES string of the molecule is COc1ccc(-c2nc(C(=O)N3CCC(CN)C3)cs2)cc1. The first-order chi connectivity index (χ1) is 10.7. The number of carbonyl (C=O) groups is 1. The molecule has 0 spiro atoms. The molecule has 0 bridgehead atoms. The molecule has 116 valence electrons. The smallest absolute Gasteiger partial charge is 0.273 e. The largest absolute Gasteiger partial charge is 0.497 e. The lowest BCUT2D eigenvalue weighted by Crippen LogP contribution is -2.30. The molecule has 2 aromatic rings. The average Bonchev–Trinajstić information content (AvgIpc) is 3.23. The van der Waals surface area contributed by atoms with Gasteiger partial charge in [-0.2, -0.15) is 0 Å². The van der Waals surface area contributed by atoms with Crippen LogP contribution in [0.1, 0.15) is 16.9 Å². The monoisotopic (exact) mass is 317 g/mol. The van der Waals surface area contributed by atoms with Crippen molar-refractivity contribution < 1.29 is 9.53 Å². The summed E-state index contributed by atoms with van der Waals surface area (Å²) in [6.45, 7) is 2.15. The van der Waals surface area contributed by atoms with Crippen molar-refractivity contribution >= 4 is 17.2 Å². The Hall–Kier alpha value is -1.92. The molecule has 1 aliphatic rings. The zero-order valence-corrected chi connectivity index (χ0v) is 13.3. The van der Waals surface area contributed by atoms with Crippen LogP contribution in [-0.4, -0.2) is 42.5 Å². The number of methoxy groups -OCH3 is 1. The summed E-state index contributed by atoms with van der Waals surface area (Å²) in [5.74, 6) is 1.23. The maximum atomic E-state index is 12.5. The molecular weight excluding hydrogens is 298 g/mol. The van der Waals surface area contributed by atoms with Crippen molar-refractivity contribution in [3.8, 4) is 16.3 Å². The summed E-state index contributed by atoms with van der Waals surface area (Å²) in [6, 6.07) is 7.69. The van der Waals surface area contributed by atoms with Gasteiger partial charge in [0, 0.05) is 24.0 Å². The van der Waals surface area contributed by atoms with Crippen LogP contribution in [0.4, 0.5) is 0 Å². The van der Waals surface area contributed by atoms with E-state index in [1.165, 1.54) is 11.3 Å². The van der Waals surface area contributed by atoms with E-state index in [9.17, 15) is 4.79 Å². The maximum absolute atomic E-state index is 12.5. The zero-order valence-electron chi connectivity index (χ0n) is 12.5. The Labute approximate surface area is 133 Å². The number of amides is 1. The Bertz CT molecular complexity index is 654. The molecule has 1 aromatic carbocycles. The fraction of sp³-hybridized carbons (Fsp3) is 0.375. The van der Waals surface area contributed by atoms with Crippen LogP contribution in [0.2, 0.25) is 0 Å². The lowest BCUT2D eigenvalue weighted by atomic mass is 10.1. The van der Waals surface area contributed by atoms with Gasteiger partial charge in [-0.1, -0.05) is 0 Å². The molecule has 3 rings (SSSR count). The molecule has 1 atom stereocenters. The number of hydrogen-bond acceptors (Lipinski definition) is 5. The molecule has 1 aliphatic heterocycles. The Kier molecular flexibility index (Phi) is 4.40. The molecule has 5 nitrogen and oxygen atoms in total. The molecule has 1 saturated heterocycles. The number of nitrogens with two attached hydrogens (primary N) is 1. The van der Waals surface area contributed by atoms with E-state index in [1.54, 1.807) is 7.11 Å². The van der Waals surface area contributed by atoms with E-state index in [0.717, 1.165) is 35.8 Å². The van der Waals surface area contributed by atoms with Crippen LogP contribution in [0.15, 0.2) is 29.6 Å². The number of benzene rings is 1. The first kappa shape index (κ1) is 15.0. The molecule has 1 aromatic heterocycles. The maximum Gasteiger partial charge on any atom is 0.273 e. The third-order valence-electron chi connectivity index (χ3n) is 3.97. The predicted octanol–water partition coefficient (Wildman–Crippen LogP) is 2.24. The highest BCUT2D eigenvalue weighted by Gasteiger charge is 2.27. The van der Waals surface area contributed by atoms with Crippen molar-refractivity contribution in [2.75, 3.05) is 26.7 Å². The van der Waals surface area contributed by atoms with E-state index in [4.69, 9.17) is 10.5 Å². The van der Waals surface area contributed by atoms with Crippen molar-refractivity contribution in [2.24, 2.45) is 11.7 Å². The minimum Gasteiger partial charge on any atom is -0.497 e. The van der Waals surface area contributed by atoms with Crippen LogP contribution >= 0.6 is 11.3 Å². The van der Waals surface area contributed by atoms with Gasteiger partial charge in [0.25, 0.3) is 5.91 Å². The first-order valence-electron chi connectivity index (χ1n) is 7.30. The van der Waals surface area contributed by atoms with Crippen LogP contribution in [0.25, 0.3) is 10.6 Å². The van der Waals surface area contributed by atoms with E-state index in [1.807, 2.05) is 34.5 Å². The highest BCUT2D eigenvalue weighted by molar-refractivity contribution is 7.13. The van der Waals surface area contributed by atoms with Crippen LogP contribution < -0.4 is 10.5 Å². The number of likely N-dealkylation sites (tertiary alicyclic amines) is 1. The molecule has 1 fully saturated rings. The molecular formula is C16H19N3O2S. The number of carbonyl (C=O) groups excluding carboxylic acids is 1. The van der Waals surface area contributed by atoms with Crippen LogP contribution in [0.5, 0.6) is 5.75 Å². The summed E-state index contributed by atoms with van der Waals surface area (Å²) in [4.78, 5) is 18.8. The summed E-state index contributed by atoms with van der Waals surface area (Å²) < 4.78 is 5.15. The van der Waals surface area contributed by atoms with Crippen molar-refractivity contribution in [3.05, 3.63) is 35.3 Å². The molecule has 0 saturated carbocycles. The van der Waals surface area contributed by atoms with Gasteiger partial charge < -0.3 is 15.4 Å². The van der Waals surface area contributed by atoms with Gasteiger partial charge in [-0.3, -0.25) is 4.79 Å². The van der Waals surface area contributed by atoms with Crippen molar-refractivity contribution in [1.29, 1.82) is 0 Å². The van der Waals surface area contributed by atoms with Crippen molar-refractivity contribution in [2.45, 2.75) is 6.42 Å². The van der Waals surface area contributed by atoms with Gasteiger partial charge in [-0.05, 0) is 43.1 Å². The second kappa shape index (κ2) is 6.46. The lowest BCUT2D eigenvalue weighted by Gasteiger charge is -2.14. The summed E-state index contributed by atoms with van der Waals surface area (Å²) in [6.07, 6.45) is 0.984. The topological polar surface area (TPSA) is 68.5 Å². The quantitative estimate of drug-likeness (QED) is 0.939. The highest BCUT2D eigenvalue weighted by Crippen LogP contribution is 2.27. The molecule has 6 heteroatoms. The van der Waals surface area contributed by atoms with Crippen molar-refractivity contribution in [3.63, 3.8) is 0 Å². The number of ether oxygens (including phenoxy) is 1. The number of thiazole rings is 1. The standard InChI is InChI=1S/C16H19N3O2S/c1-21-13-4-2-12(3-5-13)15-18-14(10-22-15)16(20)19-7-6-11(8-17)9-19/h2-5,10-11H,6-9,17H2,1H3. The number of nitrogens with zero attached hydrogens (tertiary/aromatic N) is 2. The second-order valence-corrected chi connectivity index (χ2v) is 6.27. The van der Waals surface area contributed by atoms with Crippen LogP contribution in [0.3, 0.4) is 0 Å². The normalized spacial score (nSPS) is 17.7. The molecule has 2 heterocycles. The molecule has 0 aliphatic carbocycles. The highest BCUT2D eigenvalue weighted by atomic mass is 32.1. The van der Waals surface area contributed by atoms with Crippen LogP contribution in [0, 0.1) is 5.92 Å². The van der Waals surface area contributed by atoms with Gasteiger partial charge in [0.15, 0.2) is 0 Å². The molecule has 22 heavy (non-hydrogen) atoms. The van der Waals surface area contributed by atoms with E-state index in [-0.39, 0.29) is 5.91 Å². The van der Waals surface area contributed by atoms with Gasteiger partial charge in [0.2, 0.25) is 0 Å². The first-order valence-corrected chi connectivity index (χ1v) is 8.18. The average molecular weight is 317 g/mol. The fourth-order valence-corrected chi connectivity index (χ4v) is 3.41. The molecule has 2 N–H and O–H groups in total. The third kappa shape index (κ3) is 2.98. The third-order valence-corrected chi connectivity index (χ3v) is 4.86. The lowest BCUT2D eigenvalue weighted by molar-refractivity contribution is 0.0783. The number of aromatic nitrogens is 1. The summed E-state index contributed by atoms with van der Waals surface area (Å²) in [5.41, 5.74) is 7.19. The van der Waals surface area contributed by atoms with Gasteiger partial charge in [0.1, 0.15) is 16.5 Å². The Morgan fingerprint density at radius 1 is 1.45 bits per heavy atom. The number of hydrogen-bond donors (Lipinski definition) is 1. The Morgan fingerprint density at radius 3 is 2.86 bits per heavy atom. The number of rotatable bonds is 4. The van der Waals surface area contributed by atoms with E-state index >= 15 is 0 Å². The summed E-state index contributed by atoms with van der Waals surface area (Å²) in [5, 5.41) is 2.68. The molecule has 1 unspecified atom stereocenters. The zero-order chi connectivity index (χ0) is 15.5.